The lowest BCUT2D eigenvalue weighted by molar-refractivity contribution is -0.130. The molecule has 0 saturated carbocycles. The number of nitrogens with zero attached hydrogens (tertiary/aromatic N) is 4. The monoisotopic (exact) mass is 418 g/mol. The van der Waals surface area contributed by atoms with Gasteiger partial charge < -0.3 is 14.3 Å². The standard InChI is InChI=1S/C24H26N4O3/c1-17-8-6-9-19(14-17)15-22(29)27-12-7-13-28(24(30)20-10-4-3-5-11-20)21(16-27)23-25-18(2)26-31-23/h3-6,8-11,14,21H,7,12-13,15-16H2,1-2H3. The van der Waals surface area contributed by atoms with Crippen molar-refractivity contribution in [3.05, 3.63) is 83.0 Å². The molecular weight excluding hydrogens is 392 g/mol. The number of carbonyl (C=O) groups is 2. The highest BCUT2D eigenvalue weighted by atomic mass is 16.5. The summed E-state index contributed by atoms with van der Waals surface area (Å²) in [7, 11) is 0. The zero-order chi connectivity index (χ0) is 21.8. The molecule has 31 heavy (non-hydrogen) atoms. The van der Waals surface area contributed by atoms with Crippen LogP contribution in [0.4, 0.5) is 0 Å². The summed E-state index contributed by atoms with van der Waals surface area (Å²) in [5.74, 6) is 0.788. The topological polar surface area (TPSA) is 79.5 Å². The Kier molecular flexibility index (Phi) is 6.11. The van der Waals surface area contributed by atoms with Crippen LogP contribution in [0, 0.1) is 13.8 Å². The number of aromatic nitrogens is 2. The molecule has 7 nitrogen and oxygen atoms in total. The van der Waals surface area contributed by atoms with Gasteiger partial charge >= 0.3 is 0 Å². The van der Waals surface area contributed by atoms with Gasteiger partial charge in [0, 0.05) is 18.7 Å². The van der Waals surface area contributed by atoms with Crippen molar-refractivity contribution in [2.75, 3.05) is 19.6 Å². The SMILES string of the molecule is Cc1cccc(CC(=O)N2CCCN(C(=O)c3ccccc3)C(c3nc(C)no3)C2)c1. The average molecular weight is 418 g/mol. The minimum atomic E-state index is -0.488. The van der Waals surface area contributed by atoms with Crippen LogP contribution in [0.15, 0.2) is 59.1 Å². The van der Waals surface area contributed by atoms with Gasteiger partial charge in [0.05, 0.1) is 13.0 Å². The second-order valence-electron chi connectivity index (χ2n) is 7.92. The first-order valence-corrected chi connectivity index (χ1v) is 10.5. The molecule has 3 aromatic rings. The molecule has 2 heterocycles. The molecule has 1 unspecified atom stereocenters. The molecule has 2 aromatic carbocycles. The smallest absolute Gasteiger partial charge is 0.254 e. The second kappa shape index (κ2) is 9.12. The lowest BCUT2D eigenvalue weighted by Gasteiger charge is -2.29. The Balaban J connectivity index is 1.59. The van der Waals surface area contributed by atoms with E-state index >= 15 is 0 Å². The Hall–Kier alpha value is -3.48. The number of carbonyl (C=O) groups excluding carboxylic acids is 2. The third kappa shape index (κ3) is 4.82. The van der Waals surface area contributed by atoms with Crippen LogP contribution in [0.1, 0.15) is 45.7 Å². The third-order valence-corrected chi connectivity index (χ3v) is 5.50. The minimum absolute atomic E-state index is 0.0286. The summed E-state index contributed by atoms with van der Waals surface area (Å²) >= 11 is 0. The number of rotatable bonds is 4. The summed E-state index contributed by atoms with van der Waals surface area (Å²) in [6, 6.07) is 16.6. The van der Waals surface area contributed by atoms with E-state index < -0.39 is 6.04 Å². The molecule has 7 heteroatoms. The Morgan fingerprint density at radius 2 is 1.87 bits per heavy atom. The fourth-order valence-corrected chi connectivity index (χ4v) is 3.97. The minimum Gasteiger partial charge on any atom is -0.340 e. The van der Waals surface area contributed by atoms with Crippen LogP contribution in [0.2, 0.25) is 0 Å². The Labute approximate surface area is 181 Å². The van der Waals surface area contributed by atoms with E-state index in [0.29, 0.717) is 49.8 Å². The summed E-state index contributed by atoms with van der Waals surface area (Å²) in [5.41, 5.74) is 2.71. The number of hydrogen-bond donors (Lipinski definition) is 0. The van der Waals surface area contributed by atoms with Gasteiger partial charge in [-0.15, -0.1) is 0 Å². The van der Waals surface area contributed by atoms with Crippen molar-refractivity contribution in [1.29, 1.82) is 0 Å². The Morgan fingerprint density at radius 1 is 1.06 bits per heavy atom. The summed E-state index contributed by atoms with van der Waals surface area (Å²) in [4.78, 5) is 34.3. The summed E-state index contributed by atoms with van der Waals surface area (Å²) in [5, 5.41) is 3.91. The molecule has 1 aliphatic heterocycles. The molecule has 1 atom stereocenters. The first-order valence-electron chi connectivity index (χ1n) is 10.5. The van der Waals surface area contributed by atoms with Crippen LogP contribution in [0.3, 0.4) is 0 Å². The van der Waals surface area contributed by atoms with Crippen molar-refractivity contribution in [2.24, 2.45) is 0 Å². The van der Waals surface area contributed by atoms with Crippen LogP contribution in [-0.2, 0) is 11.2 Å². The van der Waals surface area contributed by atoms with Gasteiger partial charge in [-0.25, -0.2) is 0 Å². The van der Waals surface area contributed by atoms with Gasteiger partial charge in [-0.05, 0) is 38.0 Å². The van der Waals surface area contributed by atoms with Crippen molar-refractivity contribution < 1.29 is 14.1 Å². The molecule has 1 saturated heterocycles. The van der Waals surface area contributed by atoms with Crippen LogP contribution in [0.5, 0.6) is 0 Å². The fourth-order valence-electron chi connectivity index (χ4n) is 3.97. The maximum atomic E-state index is 13.3. The second-order valence-corrected chi connectivity index (χ2v) is 7.92. The maximum absolute atomic E-state index is 13.3. The zero-order valence-electron chi connectivity index (χ0n) is 17.8. The quantitative estimate of drug-likeness (QED) is 0.649. The molecule has 1 fully saturated rings. The van der Waals surface area contributed by atoms with E-state index in [1.165, 1.54) is 0 Å². The van der Waals surface area contributed by atoms with Gasteiger partial charge in [0.2, 0.25) is 5.91 Å². The van der Waals surface area contributed by atoms with Crippen molar-refractivity contribution in [1.82, 2.24) is 19.9 Å². The Bertz CT molecular complexity index is 1060. The van der Waals surface area contributed by atoms with Crippen LogP contribution in [-0.4, -0.2) is 51.4 Å². The molecule has 2 amide bonds. The van der Waals surface area contributed by atoms with Gasteiger partial charge in [0.25, 0.3) is 11.8 Å². The largest absolute Gasteiger partial charge is 0.340 e. The van der Waals surface area contributed by atoms with E-state index in [1.807, 2.05) is 54.3 Å². The third-order valence-electron chi connectivity index (χ3n) is 5.50. The summed E-state index contributed by atoms with van der Waals surface area (Å²) < 4.78 is 5.44. The average Bonchev–Trinajstić information content (AvgIpc) is 3.07. The van der Waals surface area contributed by atoms with E-state index in [0.717, 1.165) is 11.1 Å². The zero-order valence-corrected chi connectivity index (χ0v) is 17.8. The lowest BCUT2D eigenvalue weighted by Crippen LogP contribution is -2.40. The molecule has 160 valence electrons. The van der Waals surface area contributed by atoms with E-state index in [2.05, 4.69) is 10.1 Å². The molecule has 1 aliphatic rings. The van der Waals surface area contributed by atoms with Crippen LogP contribution in [0.25, 0.3) is 0 Å². The van der Waals surface area contributed by atoms with Gasteiger partial charge in [-0.3, -0.25) is 9.59 Å². The van der Waals surface area contributed by atoms with Crippen molar-refractivity contribution in [3.63, 3.8) is 0 Å². The fraction of sp³-hybridized carbons (Fsp3) is 0.333. The first-order chi connectivity index (χ1) is 15.0. The highest BCUT2D eigenvalue weighted by Crippen LogP contribution is 2.26. The van der Waals surface area contributed by atoms with E-state index in [1.54, 1.807) is 24.0 Å². The molecule has 0 bridgehead atoms. The van der Waals surface area contributed by atoms with Crippen LogP contribution < -0.4 is 0 Å². The van der Waals surface area contributed by atoms with Gasteiger partial charge in [0.15, 0.2) is 5.82 Å². The normalized spacial score (nSPS) is 16.8. The predicted molar refractivity (Wildman–Crippen MR) is 115 cm³/mol. The highest BCUT2D eigenvalue weighted by Gasteiger charge is 2.35. The molecular formula is C24H26N4O3. The highest BCUT2D eigenvalue weighted by molar-refractivity contribution is 5.94. The number of hydrogen-bond acceptors (Lipinski definition) is 5. The van der Waals surface area contributed by atoms with E-state index in [4.69, 9.17) is 4.52 Å². The van der Waals surface area contributed by atoms with Crippen molar-refractivity contribution >= 4 is 11.8 Å². The molecule has 0 N–H and O–H groups in total. The lowest BCUT2D eigenvalue weighted by atomic mass is 10.1. The first kappa shape index (κ1) is 20.8. The van der Waals surface area contributed by atoms with Gasteiger partial charge in [0.1, 0.15) is 6.04 Å². The van der Waals surface area contributed by atoms with Crippen molar-refractivity contribution in [2.45, 2.75) is 32.7 Å². The van der Waals surface area contributed by atoms with E-state index in [-0.39, 0.29) is 11.8 Å². The maximum Gasteiger partial charge on any atom is 0.254 e. The molecule has 4 rings (SSSR count). The number of aryl methyl sites for hydroxylation is 2. The summed E-state index contributed by atoms with van der Waals surface area (Å²) in [6.45, 7) is 5.17. The number of amides is 2. The number of benzene rings is 2. The van der Waals surface area contributed by atoms with Crippen molar-refractivity contribution in [3.8, 4) is 0 Å². The van der Waals surface area contributed by atoms with Crippen LogP contribution >= 0.6 is 0 Å². The molecule has 0 spiro atoms. The Morgan fingerprint density at radius 3 is 2.58 bits per heavy atom. The molecule has 0 aliphatic carbocycles. The summed E-state index contributed by atoms with van der Waals surface area (Å²) in [6.07, 6.45) is 1.01. The van der Waals surface area contributed by atoms with Gasteiger partial charge in [-0.2, -0.15) is 4.98 Å². The molecule has 1 aromatic heterocycles. The predicted octanol–water partition coefficient (Wildman–Crippen LogP) is 3.34. The van der Waals surface area contributed by atoms with Gasteiger partial charge in [-0.1, -0.05) is 53.2 Å². The van der Waals surface area contributed by atoms with E-state index in [9.17, 15) is 9.59 Å². The molecule has 0 radical (unpaired) electrons.